The van der Waals surface area contributed by atoms with E-state index >= 15 is 0 Å². The van der Waals surface area contributed by atoms with Gasteiger partial charge < -0.3 is 10.5 Å². The van der Waals surface area contributed by atoms with Crippen molar-refractivity contribution in [2.45, 2.75) is 6.61 Å². The fourth-order valence-corrected chi connectivity index (χ4v) is 3.39. The maximum Gasteiger partial charge on any atom is 0.142 e. The maximum absolute atomic E-state index is 9.67. The van der Waals surface area contributed by atoms with E-state index < -0.39 is 0 Å². The average Bonchev–Trinajstić information content (AvgIpc) is 2.78. The largest absolute Gasteiger partial charge is 0.489 e. The fraction of sp³-hybridized carbons (Fsp3) is 0.0400. The van der Waals surface area contributed by atoms with Crippen LogP contribution in [0.3, 0.4) is 0 Å². The first-order valence-electron chi connectivity index (χ1n) is 9.38. The lowest BCUT2D eigenvalue weighted by Crippen LogP contribution is -2.00. The van der Waals surface area contributed by atoms with Gasteiger partial charge in [-0.2, -0.15) is 5.26 Å². The molecule has 0 spiro atoms. The Morgan fingerprint density at radius 3 is 2.43 bits per heavy atom. The third kappa shape index (κ3) is 4.27. The Kier molecular flexibility index (Phi) is 5.65. The third-order valence-corrected chi connectivity index (χ3v) is 4.91. The van der Waals surface area contributed by atoms with Crippen LogP contribution in [-0.2, 0) is 6.61 Å². The zero-order valence-corrected chi connectivity index (χ0v) is 16.8. The SMILES string of the molecule is N#Cc1c(-c2cccc(OCc3ccccc3)c2)cc(-c2cccc(Cl)c2)nc1N. The van der Waals surface area contributed by atoms with E-state index in [0.717, 1.165) is 16.7 Å². The van der Waals surface area contributed by atoms with Crippen molar-refractivity contribution < 1.29 is 4.74 Å². The predicted octanol–water partition coefficient (Wildman–Crippen LogP) is 6.10. The number of anilines is 1. The molecule has 146 valence electrons. The third-order valence-electron chi connectivity index (χ3n) is 4.67. The first-order valence-corrected chi connectivity index (χ1v) is 9.75. The van der Waals surface area contributed by atoms with Gasteiger partial charge in [-0.3, -0.25) is 0 Å². The molecule has 4 rings (SSSR count). The van der Waals surface area contributed by atoms with Crippen LogP contribution in [0.15, 0.2) is 84.9 Å². The standard InChI is InChI=1S/C25H18ClN3O/c26-20-10-4-9-19(12-20)24-14-22(23(15-27)25(28)29-24)18-8-5-11-21(13-18)30-16-17-6-2-1-3-7-17/h1-14H,16H2,(H2,28,29). The summed E-state index contributed by atoms with van der Waals surface area (Å²) in [7, 11) is 0. The number of hydrogen-bond acceptors (Lipinski definition) is 4. The van der Waals surface area contributed by atoms with Crippen LogP contribution < -0.4 is 10.5 Å². The lowest BCUT2D eigenvalue weighted by Gasteiger charge is -2.12. The molecule has 0 aliphatic rings. The lowest BCUT2D eigenvalue weighted by atomic mass is 9.98. The molecule has 0 atom stereocenters. The molecule has 0 saturated heterocycles. The van der Waals surface area contributed by atoms with E-state index in [0.29, 0.717) is 34.2 Å². The number of pyridine rings is 1. The molecule has 0 amide bonds. The van der Waals surface area contributed by atoms with E-state index in [1.54, 1.807) is 6.07 Å². The predicted molar refractivity (Wildman–Crippen MR) is 120 cm³/mol. The smallest absolute Gasteiger partial charge is 0.142 e. The highest BCUT2D eigenvalue weighted by molar-refractivity contribution is 6.30. The normalized spacial score (nSPS) is 10.4. The molecule has 2 N–H and O–H groups in total. The minimum absolute atomic E-state index is 0.181. The van der Waals surface area contributed by atoms with Gasteiger partial charge in [0.15, 0.2) is 0 Å². The van der Waals surface area contributed by atoms with E-state index in [2.05, 4.69) is 11.1 Å². The van der Waals surface area contributed by atoms with Gasteiger partial charge in [-0.15, -0.1) is 0 Å². The number of rotatable bonds is 5. The van der Waals surface area contributed by atoms with Crippen molar-refractivity contribution in [1.82, 2.24) is 4.98 Å². The number of benzene rings is 3. The maximum atomic E-state index is 9.67. The van der Waals surface area contributed by atoms with Gasteiger partial charge in [0.1, 0.15) is 29.8 Å². The van der Waals surface area contributed by atoms with Crippen molar-refractivity contribution in [3.63, 3.8) is 0 Å². The van der Waals surface area contributed by atoms with Crippen LogP contribution in [0.2, 0.25) is 5.02 Å². The molecule has 0 fully saturated rings. The van der Waals surface area contributed by atoms with Crippen molar-refractivity contribution in [2.75, 3.05) is 5.73 Å². The van der Waals surface area contributed by atoms with Gasteiger partial charge in [-0.1, -0.05) is 66.2 Å². The van der Waals surface area contributed by atoms with Gasteiger partial charge in [0.25, 0.3) is 0 Å². The first kappa shape index (κ1) is 19.5. The monoisotopic (exact) mass is 411 g/mol. The minimum Gasteiger partial charge on any atom is -0.489 e. The lowest BCUT2D eigenvalue weighted by molar-refractivity contribution is 0.306. The number of nitrogen functional groups attached to an aromatic ring is 1. The Hall–Kier alpha value is -3.81. The van der Waals surface area contributed by atoms with Gasteiger partial charge in [0.2, 0.25) is 0 Å². The van der Waals surface area contributed by atoms with Gasteiger partial charge in [0.05, 0.1) is 5.69 Å². The minimum atomic E-state index is 0.181. The number of aromatic nitrogens is 1. The van der Waals surface area contributed by atoms with E-state index in [1.165, 1.54) is 0 Å². The van der Waals surface area contributed by atoms with E-state index in [-0.39, 0.29) is 5.82 Å². The molecule has 0 radical (unpaired) electrons. The topological polar surface area (TPSA) is 71.9 Å². The molecule has 0 aliphatic heterocycles. The van der Waals surface area contributed by atoms with Crippen LogP contribution in [-0.4, -0.2) is 4.98 Å². The molecule has 1 heterocycles. The van der Waals surface area contributed by atoms with E-state index in [9.17, 15) is 5.26 Å². The summed E-state index contributed by atoms with van der Waals surface area (Å²) in [6.45, 7) is 0.460. The molecule has 1 aromatic heterocycles. The summed E-state index contributed by atoms with van der Waals surface area (Å²) in [6.07, 6.45) is 0. The Morgan fingerprint density at radius 2 is 1.67 bits per heavy atom. The number of nitrogens with two attached hydrogens (primary N) is 1. The zero-order chi connectivity index (χ0) is 20.9. The Labute approximate surface area is 180 Å². The van der Waals surface area contributed by atoms with E-state index in [1.807, 2.05) is 78.9 Å². The van der Waals surface area contributed by atoms with Crippen LogP contribution in [0.5, 0.6) is 5.75 Å². The molecule has 0 bridgehead atoms. The highest BCUT2D eigenvalue weighted by Crippen LogP contribution is 2.33. The number of hydrogen-bond donors (Lipinski definition) is 1. The number of nitriles is 1. The quantitative estimate of drug-likeness (QED) is 0.430. The summed E-state index contributed by atoms with van der Waals surface area (Å²) in [5.74, 6) is 0.889. The highest BCUT2D eigenvalue weighted by atomic mass is 35.5. The Morgan fingerprint density at radius 1 is 0.900 bits per heavy atom. The van der Waals surface area contributed by atoms with Gasteiger partial charge in [-0.25, -0.2) is 4.98 Å². The molecule has 5 heteroatoms. The van der Waals surface area contributed by atoms with Gasteiger partial charge >= 0.3 is 0 Å². The number of nitrogens with zero attached hydrogens (tertiary/aromatic N) is 2. The van der Waals surface area contributed by atoms with Crippen LogP contribution in [0.4, 0.5) is 5.82 Å². The molecule has 0 saturated carbocycles. The molecular formula is C25H18ClN3O. The molecule has 4 aromatic rings. The molecule has 4 nitrogen and oxygen atoms in total. The van der Waals surface area contributed by atoms with Crippen LogP contribution in [0, 0.1) is 11.3 Å². The van der Waals surface area contributed by atoms with E-state index in [4.69, 9.17) is 22.1 Å². The van der Waals surface area contributed by atoms with Crippen molar-refractivity contribution in [1.29, 1.82) is 5.26 Å². The molecule has 0 aliphatic carbocycles. The van der Waals surface area contributed by atoms with Crippen molar-refractivity contribution >= 4 is 17.4 Å². The summed E-state index contributed by atoms with van der Waals surface area (Å²) < 4.78 is 5.94. The van der Waals surface area contributed by atoms with Crippen LogP contribution >= 0.6 is 11.6 Å². The number of ether oxygens (including phenoxy) is 1. The highest BCUT2D eigenvalue weighted by Gasteiger charge is 2.14. The van der Waals surface area contributed by atoms with Crippen molar-refractivity contribution in [2.24, 2.45) is 0 Å². The summed E-state index contributed by atoms with van der Waals surface area (Å²) in [5.41, 5.74) is 10.5. The van der Waals surface area contributed by atoms with Crippen LogP contribution in [0.1, 0.15) is 11.1 Å². The second-order valence-corrected chi connectivity index (χ2v) is 7.18. The fourth-order valence-electron chi connectivity index (χ4n) is 3.20. The summed E-state index contributed by atoms with van der Waals surface area (Å²) in [6, 6.07) is 29.0. The zero-order valence-electron chi connectivity index (χ0n) is 16.0. The van der Waals surface area contributed by atoms with Crippen LogP contribution in [0.25, 0.3) is 22.4 Å². The molecule has 3 aromatic carbocycles. The van der Waals surface area contributed by atoms with Gasteiger partial charge in [-0.05, 0) is 41.5 Å². The first-order chi connectivity index (χ1) is 14.6. The second-order valence-electron chi connectivity index (χ2n) is 6.74. The molecular weight excluding hydrogens is 394 g/mol. The molecule has 0 unspecified atom stereocenters. The summed E-state index contributed by atoms with van der Waals surface area (Å²) in [4.78, 5) is 4.41. The summed E-state index contributed by atoms with van der Waals surface area (Å²) >= 11 is 6.13. The Balaban J connectivity index is 1.71. The number of halogens is 1. The van der Waals surface area contributed by atoms with Gasteiger partial charge in [0, 0.05) is 16.1 Å². The summed E-state index contributed by atoms with van der Waals surface area (Å²) in [5, 5.41) is 10.3. The molecule has 30 heavy (non-hydrogen) atoms. The Bertz CT molecular complexity index is 1230. The average molecular weight is 412 g/mol. The van der Waals surface area contributed by atoms with Crippen molar-refractivity contribution in [3.05, 3.63) is 101 Å². The van der Waals surface area contributed by atoms with Crippen molar-refractivity contribution in [3.8, 4) is 34.2 Å². The second kappa shape index (κ2) is 8.69.